The van der Waals surface area contributed by atoms with E-state index in [1.165, 1.54) is 30.7 Å². The van der Waals surface area contributed by atoms with Crippen molar-refractivity contribution in [1.29, 1.82) is 0 Å². The summed E-state index contributed by atoms with van der Waals surface area (Å²) in [5.74, 6) is -0.400. The van der Waals surface area contributed by atoms with Gasteiger partial charge < -0.3 is 31.1 Å². The first-order chi connectivity index (χ1) is 36.8. The lowest BCUT2D eigenvalue weighted by molar-refractivity contribution is 0.465. The number of pyridine rings is 2. The standard InChI is InChI=1S/C56H54F2N12O4S2/c1-32-9-10-34-6-5-21-63-52(34)53(32)76(72,73)68-48-17-13-37(26-46(48)58)44-29-70(56-51(44)55(61)65-31-66-56)39-14-11-35(24-39)42-27-41(15-18-49(42)74-40-19-22-62-23-20-40)75(71)67-47-16-12-36(25-45(47)57)43-28-69(38-7-3-4-8-38)33(2)50(43)54(60)64-30-59/h5-6,10,12-13,15-23,25-32,35,38-39,67-68H,2-4,7-9,11,14,24,60H2,1H3,(H2,59,64)(H2,61,65,66)/b54-50+. The third-order valence-electron chi connectivity index (χ3n) is 14.8. The van der Waals surface area contributed by atoms with Gasteiger partial charge in [-0.2, -0.15) is 0 Å². The Labute approximate surface area is 439 Å². The van der Waals surface area contributed by atoms with Gasteiger partial charge in [0.05, 0.1) is 38.2 Å². The van der Waals surface area contributed by atoms with E-state index in [-0.39, 0.29) is 51.8 Å². The molecule has 20 heteroatoms. The topological polar surface area (TPSA) is 236 Å². The highest BCUT2D eigenvalue weighted by molar-refractivity contribution is 8.01. The fraction of sp³-hybridized carbons (Fsp3) is 0.232. The molecule has 0 radical (unpaired) electrons. The number of rotatable bonds is 14. The van der Waals surface area contributed by atoms with Crippen molar-refractivity contribution in [2.24, 2.45) is 22.4 Å². The van der Waals surface area contributed by atoms with Crippen molar-refractivity contribution < 1.29 is 26.1 Å². The van der Waals surface area contributed by atoms with E-state index >= 15 is 8.78 Å². The van der Waals surface area contributed by atoms with Crippen LogP contribution < -0.4 is 52.5 Å². The van der Waals surface area contributed by atoms with Gasteiger partial charge in [-0.15, -0.1) is 0 Å². The van der Waals surface area contributed by atoms with Crippen LogP contribution in [-0.4, -0.2) is 48.0 Å². The first-order valence-corrected chi connectivity index (χ1v) is 27.6. The molecule has 8 aromatic rings. The molecule has 3 aliphatic rings. The first kappa shape index (κ1) is 50.0. The molecule has 0 spiro atoms. The van der Waals surface area contributed by atoms with Crippen molar-refractivity contribution in [3.63, 3.8) is 0 Å². The largest absolute Gasteiger partial charge is 0.457 e. The van der Waals surface area contributed by atoms with Crippen LogP contribution in [0.3, 0.4) is 0 Å². The summed E-state index contributed by atoms with van der Waals surface area (Å²) in [4.78, 5) is 22.1. The van der Waals surface area contributed by atoms with Crippen molar-refractivity contribution in [1.82, 2.24) is 29.1 Å². The molecule has 5 heterocycles. The van der Waals surface area contributed by atoms with E-state index < -0.39 is 32.6 Å². The molecular weight excluding hydrogens is 1010 g/mol. The van der Waals surface area contributed by atoms with Crippen LogP contribution in [0.5, 0.6) is 11.5 Å². The quantitative estimate of drug-likeness (QED) is 0.0526. The van der Waals surface area contributed by atoms with Gasteiger partial charge in [0, 0.05) is 64.8 Å². The van der Waals surface area contributed by atoms with Gasteiger partial charge in [-0.1, -0.05) is 50.6 Å². The molecule has 3 aromatic carbocycles. The van der Waals surface area contributed by atoms with Gasteiger partial charge >= 0.3 is 0 Å². The maximum Gasteiger partial charge on any atom is 0.260 e. The summed E-state index contributed by atoms with van der Waals surface area (Å²) in [6.07, 6.45) is 19.8. The number of hydrogen-bond donors (Lipinski definition) is 5. The van der Waals surface area contributed by atoms with Crippen LogP contribution in [-0.2, 0) is 21.0 Å². The molecule has 5 aromatic heterocycles. The molecule has 4 unspecified atom stereocenters. The lowest BCUT2D eigenvalue weighted by Crippen LogP contribution is -2.38. The van der Waals surface area contributed by atoms with Gasteiger partial charge in [0.2, 0.25) is 0 Å². The number of nitrogens with two attached hydrogens (primary N) is 3. The van der Waals surface area contributed by atoms with E-state index in [4.69, 9.17) is 21.9 Å². The van der Waals surface area contributed by atoms with Crippen molar-refractivity contribution in [2.75, 3.05) is 15.2 Å². The van der Waals surface area contributed by atoms with Crippen molar-refractivity contribution in [3.8, 4) is 33.8 Å². The molecular formula is C56H54F2N12O4S2. The monoisotopic (exact) mass is 1060 g/mol. The molecule has 4 atom stereocenters. The van der Waals surface area contributed by atoms with E-state index in [9.17, 15) is 12.6 Å². The minimum absolute atomic E-state index is 0.0354. The summed E-state index contributed by atoms with van der Waals surface area (Å²) >= 11 is 0. The molecule has 2 fully saturated rings. The van der Waals surface area contributed by atoms with E-state index in [0.29, 0.717) is 96.5 Å². The van der Waals surface area contributed by atoms with Gasteiger partial charge in [0.15, 0.2) is 0 Å². The van der Waals surface area contributed by atoms with Crippen LogP contribution >= 0.6 is 0 Å². The first-order valence-electron chi connectivity index (χ1n) is 25.0. The predicted molar refractivity (Wildman–Crippen MR) is 294 cm³/mol. The van der Waals surface area contributed by atoms with Crippen LogP contribution in [0.15, 0.2) is 126 Å². The van der Waals surface area contributed by atoms with Gasteiger partial charge in [-0.25, -0.2) is 36.4 Å². The van der Waals surface area contributed by atoms with E-state index in [0.717, 1.165) is 37.6 Å². The molecule has 2 saturated carbocycles. The molecule has 0 aliphatic heterocycles. The van der Waals surface area contributed by atoms with E-state index in [2.05, 4.69) is 45.5 Å². The Balaban J connectivity index is 0.874. The SMILES string of the molecule is C=c1/c(=C(N)\N=C/N)c(-c2ccc(NS(=O)c3ccc(Oc4ccncc4)c(C4CCC(n5cc(-c6ccc(NS(=O)(=O)C7=c8ncccc8=CCC7C)c(F)c6)c6c(N)ncnc65)C4)c3)c(F)c2)cn1C1CCCC1. The number of fused-ring (bicyclic) bond motifs is 2. The molecule has 8 N–H and O–H groups in total. The number of ether oxygens (including phenoxy) is 1. The number of aliphatic imine (C=N–C) groups is 1. The third-order valence-corrected chi connectivity index (χ3v) is 17.5. The normalized spacial score (nSPS) is 18.7. The number of anilines is 3. The Morgan fingerprint density at radius 1 is 0.882 bits per heavy atom. The van der Waals surface area contributed by atoms with E-state index in [1.54, 1.807) is 67.8 Å². The van der Waals surface area contributed by atoms with Crippen LogP contribution in [0.25, 0.3) is 56.7 Å². The Morgan fingerprint density at radius 3 is 2.37 bits per heavy atom. The highest BCUT2D eigenvalue weighted by Crippen LogP contribution is 2.48. The number of nitrogens with one attached hydrogen (secondary N) is 2. The summed E-state index contributed by atoms with van der Waals surface area (Å²) < 4.78 is 90.3. The molecule has 16 nitrogen and oxygen atoms in total. The van der Waals surface area contributed by atoms with Crippen LogP contribution in [0, 0.1) is 17.6 Å². The molecule has 388 valence electrons. The summed E-state index contributed by atoms with van der Waals surface area (Å²) in [6, 6.07) is 21.5. The summed E-state index contributed by atoms with van der Waals surface area (Å²) in [5.41, 5.74) is 21.9. The van der Waals surface area contributed by atoms with Crippen LogP contribution in [0.4, 0.5) is 26.0 Å². The van der Waals surface area contributed by atoms with Gasteiger partial charge in [0.25, 0.3) is 10.0 Å². The maximum absolute atomic E-state index is 16.2. The Kier molecular flexibility index (Phi) is 13.5. The Bertz CT molecular complexity index is 4010. The fourth-order valence-electron chi connectivity index (χ4n) is 11.1. The predicted octanol–water partition coefficient (Wildman–Crippen LogP) is 7.56. The van der Waals surface area contributed by atoms with Gasteiger partial charge in [-0.3, -0.25) is 19.4 Å². The van der Waals surface area contributed by atoms with Crippen LogP contribution in [0.2, 0.25) is 0 Å². The molecule has 0 amide bonds. The highest BCUT2D eigenvalue weighted by Gasteiger charge is 2.33. The second kappa shape index (κ2) is 20.5. The van der Waals surface area contributed by atoms with Gasteiger partial charge in [-0.05, 0) is 133 Å². The molecule has 0 bridgehead atoms. The number of nitrogen functional groups attached to an aromatic ring is 1. The smallest absolute Gasteiger partial charge is 0.260 e. The maximum atomic E-state index is 16.2. The average Bonchev–Trinajstić information content (AvgIpc) is 4.25. The summed E-state index contributed by atoms with van der Waals surface area (Å²) in [7, 11) is -6.12. The number of aromatic nitrogens is 6. The summed E-state index contributed by atoms with van der Waals surface area (Å²) in [5, 5.41) is 2.83. The third kappa shape index (κ3) is 9.46. The minimum Gasteiger partial charge on any atom is -0.457 e. The number of benzene rings is 3. The zero-order chi connectivity index (χ0) is 52.8. The van der Waals surface area contributed by atoms with Crippen molar-refractivity contribution >= 4 is 79.0 Å². The molecule has 0 saturated heterocycles. The molecule has 11 rings (SSSR count). The Morgan fingerprint density at radius 2 is 1.62 bits per heavy atom. The Hall–Kier alpha value is -8.23. The number of hydrogen-bond acceptors (Lipinski definition) is 11. The number of halogens is 2. The average molecular weight is 1060 g/mol. The number of sulfonamides is 1. The molecule has 76 heavy (non-hydrogen) atoms. The highest BCUT2D eigenvalue weighted by atomic mass is 32.2. The minimum atomic E-state index is -4.20. The van der Waals surface area contributed by atoms with Gasteiger partial charge in [0.1, 0.15) is 57.7 Å². The lowest BCUT2D eigenvalue weighted by Gasteiger charge is -2.19. The van der Waals surface area contributed by atoms with Crippen LogP contribution in [0.1, 0.15) is 81.9 Å². The lowest BCUT2D eigenvalue weighted by atomic mass is 9.96. The second-order valence-electron chi connectivity index (χ2n) is 19.4. The zero-order valence-electron chi connectivity index (χ0n) is 41.4. The zero-order valence-corrected chi connectivity index (χ0v) is 43.0. The van der Waals surface area contributed by atoms with Crippen molar-refractivity contribution in [2.45, 2.75) is 81.2 Å². The molecule has 3 aliphatic carbocycles. The fourth-order valence-corrected chi connectivity index (χ4v) is 13.6. The second-order valence-corrected chi connectivity index (χ2v) is 22.3. The number of nitrogens with zero attached hydrogens (tertiary/aromatic N) is 7. The van der Waals surface area contributed by atoms with E-state index in [1.807, 2.05) is 35.2 Å². The summed E-state index contributed by atoms with van der Waals surface area (Å²) in [6.45, 7) is 6.12. The van der Waals surface area contributed by atoms with Crippen molar-refractivity contribution in [3.05, 3.63) is 155 Å².